The van der Waals surface area contributed by atoms with Crippen LogP contribution >= 0.6 is 23.5 Å². The Balaban J connectivity index is 0.000000361. The summed E-state index contributed by atoms with van der Waals surface area (Å²) in [6.07, 6.45) is 11.0. The molecule has 0 atom stereocenters. The molecular formula is C30H24Ag2N6O6S2. The van der Waals surface area contributed by atoms with Crippen LogP contribution in [0.15, 0.2) is 132 Å². The number of rotatable bonds is 6. The van der Waals surface area contributed by atoms with Crippen LogP contribution in [0, 0.1) is 30.6 Å². The minimum atomic E-state index is -1.75. The Morgan fingerprint density at radius 3 is 1.17 bits per heavy atom. The number of para-hydroxylation sites is 2. The van der Waals surface area contributed by atoms with Crippen molar-refractivity contribution in [2.45, 2.75) is 21.3 Å². The molecule has 6 aromatic rings. The van der Waals surface area contributed by atoms with Gasteiger partial charge in [0.1, 0.15) is 0 Å². The molecule has 0 aliphatic carbocycles. The van der Waals surface area contributed by atoms with Gasteiger partial charge in [-0.25, -0.2) is 0 Å². The molecule has 6 rings (SSSR count). The molecule has 244 valence electrons. The Morgan fingerprint density at radius 1 is 0.500 bits per heavy atom. The maximum Gasteiger partial charge on any atom is 1.00 e. The molecule has 0 aliphatic heterocycles. The van der Waals surface area contributed by atoms with E-state index in [1.165, 1.54) is 31.7 Å². The first-order valence-corrected chi connectivity index (χ1v) is 14.6. The van der Waals surface area contributed by atoms with Crippen molar-refractivity contribution >= 4 is 45.3 Å². The first kappa shape index (κ1) is 40.2. The first-order chi connectivity index (χ1) is 21.3. The SMILES string of the molecule is O=[N+]([O-])[O-].O=[N+]([O-])[O-].[Ag+].[Ag+].c1cnc2c(CSc3ccncc3)cccc2c1.c1cnc2c(CSc3ccncc3)cccc2c1. The molecule has 0 unspecified atom stereocenters. The number of hydrogen-bond donors (Lipinski definition) is 0. The van der Waals surface area contributed by atoms with Gasteiger partial charge in [0.25, 0.3) is 0 Å². The van der Waals surface area contributed by atoms with Gasteiger partial charge in [0.2, 0.25) is 0 Å². The fourth-order valence-electron chi connectivity index (χ4n) is 3.76. The van der Waals surface area contributed by atoms with E-state index in [2.05, 4.69) is 68.5 Å². The Morgan fingerprint density at radius 2 is 0.826 bits per heavy atom. The molecule has 4 heterocycles. The summed E-state index contributed by atoms with van der Waals surface area (Å²) in [5.74, 6) is 1.86. The minimum Gasteiger partial charge on any atom is -0.356 e. The zero-order valence-corrected chi connectivity index (χ0v) is 28.1. The fourth-order valence-corrected chi connectivity index (χ4v) is 5.50. The molecule has 4 aromatic heterocycles. The normalized spacial score (nSPS) is 9.39. The van der Waals surface area contributed by atoms with Crippen molar-refractivity contribution in [1.29, 1.82) is 0 Å². The van der Waals surface area contributed by atoms with Gasteiger partial charge in [-0.05, 0) is 47.5 Å². The van der Waals surface area contributed by atoms with Crippen LogP contribution < -0.4 is 0 Å². The molecule has 0 spiro atoms. The Hall–Kier alpha value is -3.86. The van der Waals surface area contributed by atoms with Gasteiger partial charge in [-0.2, -0.15) is 0 Å². The van der Waals surface area contributed by atoms with Gasteiger partial charge < -0.3 is 30.6 Å². The maximum atomic E-state index is 8.25. The third kappa shape index (κ3) is 14.9. The van der Waals surface area contributed by atoms with E-state index in [0.717, 1.165) is 22.5 Å². The van der Waals surface area contributed by atoms with Crippen LogP contribution in [0.5, 0.6) is 0 Å². The van der Waals surface area contributed by atoms with Crippen molar-refractivity contribution in [2.24, 2.45) is 0 Å². The van der Waals surface area contributed by atoms with Crippen molar-refractivity contribution < 1.29 is 54.9 Å². The number of thioether (sulfide) groups is 2. The third-order valence-electron chi connectivity index (χ3n) is 5.52. The minimum absolute atomic E-state index is 0. The standard InChI is InChI=1S/2C15H12N2S.2Ag.2NO3/c2*1-3-12-5-2-8-17-15(12)13(4-1)11-18-14-6-9-16-10-7-14;;;2*2-1(3)4/h2*1-10H,11H2;;;;/q;;2*+1;2*-1. The van der Waals surface area contributed by atoms with Crippen LogP contribution in [0.3, 0.4) is 0 Å². The molecular weight excluding hydrogens is 820 g/mol. The van der Waals surface area contributed by atoms with E-state index in [4.69, 9.17) is 30.6 Å². The van der Waals surface area contributed by atoms with E-state index in [0.29, 0.717) is 0 Å². The molecule has 0 saturated carbocycles. The molecule has 0 radical (unpaired) electrons. The van der Waals surface area contributed by atoms with Crippen molar-refractivity contribution in [3.8, 4) is 0 Å². The van der Waals surface area contributed by atoms with E-state index in [9.17, 15) is 0 Å². The fraction of sp³-hybridized carbons (Fsp3) is 0.0667. The van der Waals surface area contributed by atoms with Crippen LogP contribution in [-0.4, -0.2) is 30.1 Å². The summed E-state index contributed by atoms with van der Waals surface area (Å²) in [7, 11) is 0. The summed E-state index contributed by atoms with van der Waals surface area (Å²) >= 11 is 3.62. The van der Waals surface area contributed by atoms with Gasteiger partial charge >= 0.3 is 44.8 Å². The van der Waals surface area contributed by atoms with Crippen molar-refractivity contribution in [1.82, 2.24) is 19.9 Å². The van der Waals surface area contributed by atoms with Gasteiger partial charge in [-0.3, -0.25) is 19.9 Å². The van der Waals surface area contributed by atoms with Crippen LogP contribution in [0.1, 0.15) is 11.1 Å². The molecule has 0 fully saturated rings. The number of hydrogen-bond acceptors (Lipinski definition) is 12. The average Bonchev–Trinajstić information content (AvgIpc) is 3.03. The van der Waals surface area contributed by atoms with Gasteiger partial charge in [0, 0.05) is 69.3 Å². The largest absolute Gasteiger partial charge is 1.00 e. The zero-order valence-electron chi connectivity index (χ0n) is 23.5. The molecule has 0 amide bonds. The van der Waals surface area contributed by atoms with Crippen LogP contribution in [0.2, 0.25) is 0 Å². The number of pyridine rings is 4. The number of aromatic nitrogens is 4. The molecule has 0 aliphatic rings. The summed E-state index contributed by atoms with van der Waals surface area (Å²) in [5, 5.41) is 31.9. The monoisotopic (exact) mass is 842 g/mol. The Labute approximate surface area is 303 Å². The van der Waals surface area contributed by atoms with E-state index >= 15 is 0 Å². The molecule has 12 nitrogen and oxygen atoms in total. The quantitative estimate of drug-likeness (QED) is 0.0704. The second-order valence-corrected chi connectivity index (χ2v) is 10.5. The zero-order chi connectivity index (χ0) is 31.6. The predicted molar refractivity (Wildman–Crippen MR) is 172 cm³/mol. The summed E-state index contributed by atoms with van der Waals surface area (Å²) in [6.45, 7) is 0. The molecule has 46 heavy (non-hydrogen) atoms. The maximum absolute atomic E-state index is 8.25. The van der Waals surface area contributed by atoms with Gasteiger partial charge in [0.15, 0.2) is 0 Å². The molecule has 0 N–H and O–H groups in total. The molecule has 0 bridgehead atoms. The van der Waals surface area contributed by atoms with E-state index in [1.54, 1.807) is 0 Å². The van der Waals surface area contributed by atoms with Gasteiger partial charge in [-0.1, -0.05) is 48.5 Å². The topological polar surface area (TPSA) is 184 Å². The van der Waals surface area contributed by atoms with Crippen molar-refractivity contribution in [3.63, 3.8) is 0 Å². The predicted octanol–water partition coefficient (Wildman–Crippen LogP) is 7.36. The van der Waals surface area contributed by atoms with Crippen LogP contribution in [-0.2, 0) is 56.3 Å². The summed E-state index contributed by atoms with van der Waals surface area (Å²) in [5.41, 5.74) is 4.74. The van der Waals surface area contributed by atoms with Crippen LogP contribution in [0.25, 0.3) is 21.8 Å². The van der Waals surface area contributed by atoms with Gasteiger partial charge in [-0.15, -0.1) is 23.5 Å². The van der Waals surface area contributed by atoms with Gasteiger partial charge in [0.05, 0.1) is 21.2 Å². The number of fused-ring (bicyclic) bond motifs is 2. The molecule has 2 aromatic carbocycles. The Bertz CT molecular complexity index is 1630. The number of benzene rings is 2. The second kappa shape index (κ2) is 22.6. The number of nitrogens with zero attached hydrogens (tertiary/aromatic N) is 6. The summed E-state index contributed by atoms with van der Waals surface area (Å²) < 4.78 is 0. The average molecular weight is 844 g/mol. The molecule has 0 saturated heterocycles. The first-order valence-electron chi connectivity index (χ1n) is 12.7. The van der Waals surface area contributed by atoms with E-state index < -0.39 is 10.2 Å². The van der Waals surface area contributed by atoms with Crippen molar-refractivity contribution in [3.05, 3.63) is 164 Å². The summed E-state index contributed by atoms with van der Waals surface area (Å²) in [4.78, 5) is 36.0. The smallest absolute Gasteiger partial charge is 0.356 e. The van der Waals surface area contributed by atoms with Crippen LogP contribution in [0.4, 0.5) is 0 Å². The Kier molecular flexibility index (Phi) is 19.7. The summed E-state index contributed by atoms with van der Waals surface area (Å²) in [6, 6.07) is 28.9. The van der Waals surface area contributed by atoms with E-state index in [1.807, 2.05) is 97.1 Å². The molecule has 16 heteroatoms. The second-order valence-electron chi connectivity index (χ2n) is 8.37. The van der Waals surface area contributed by atoms with E-state index in [-0.39, 0.29) is 44.8 Å². The van der Waals surface area contributed by atoms with Crippen molar-refractivity contribution in [2.75, 3.05) is 0 Å². The third-order valence-corrected chi connectivity index (χ3v) is 7.64.